The Morgan fingerprint density at radius 2 is 1.62 bits per heavy atom. The van der Waals surface area contributed by atoms with Gasteiger partial charge in [-0.1, -0.05) is 61.5 Å². The number of rotatable bonds is 4. The maximum atomic E-state index is 13.7. The lowest BCUT2D eigenvalue weighted by Gasteiger charge is -2.41. The molecule has 1 heterocycles. The average molecular weight is 463 g/mol. The molecule has 6 heteroatoms. The van der Waals surface area contributed by atoms with Crippen LogP contribution in [-0.2, 0) is 14.9 Å². The molecular weight excluding hydrogens is 428 g/mol. The first kappa shape index (κ1) is 24.0. The number of nitrogens with one attached hydrogen (secondary N) is 1. The predicted molar refractivity (Wildman–Crippen MR) is 131 cm³/mol. The van der Waals surface area contributed by atoms with Gasteiger partial charge < -0.3 is 15.0 Å². The number of ketones is 1. The van der Waals surface area contributed by atoms with Gasteiger partial charge in [0.1, 0.15) is 11.6 Å². The molecule has 1 spiro atoms. The SMILES string of the molecule is C[C@H](c1ccccc1)[C@H](NC(=O)OC(C)(C)C)C(=O)N1CCC2(CC1)CC(=O)c1ccccc12. The molecule has 0 saturated carbocycles. The molecule has 2 atom stereocenters. The van der Waals surface area contributed by atoms with E-state index in [-0.39, 0.29) is 23.0 Å². The molecule has 180 valence electrons. The fourth-order valence-corrected chi connectivity index (χ4v) is 5.27. The van der Waals surface area contributed by atoms with E-state index in [0.717, 1.165) is 29.5 Å². The van der Waals surface area contributed by atoms with Gasteiger partial charge in [-0.05, 0) is 44.7 Å². The molecule has 0 unspecified atom stereocenters. The predicted octanol–water partition coefficient (Wildman–Crippen LogP) is 4.83. The zero-order valence-electron chi connectivity index (χ0n) is 20.5. The second kappa shape index (κ2) is 9.24. The topological polar surface area (TPSA) is 75.7 Å². The van der Waals surface area contributed by atoms with Crippen molar-refractivity contribution in [2.45, 2.75) is 69.9 Å². The number of likely N-dealkylation sites (tertiary alicyclic amines) is 1. The number of Topliss-reactive ketones (excluding diaryl/α,β-unsaturated/α-hetero) is 1. The first-order chi connectivity index (χ1) is 16.1. The summed E-state index contributed by atoms with van der Waals surface area (Å²) in [6.07, 6.45) is 1.38. The fourth-order valence-electron chi connectivity index (χ4n) is 5.27. The van der Waals surface area contributed by atoms with Crippen LogP contribution in [0.4, 0.5) is 4.79 Å². The molecule has 0 radical (unpaired) electrons. The summed E-state index contributed by atoms with van der Waals surface area (Å²) >= 11 is 0. The van der Waals surface area contributed by atoms with Crippen LogP contribution in [0.15, 0.2) is 54.6 Å². The molecule has 6 nitrogen and oxygen atoms in total. The summed E-state index contributed by atoms with van der Waals surface area (Å²) < 4.78 is 5.46. The minimum atomic E-state index is -0.746. The highest BCUT2D eigenvalue weighted by Crippen LogP contribution is 2.46. The van der Waals surface area contributed by atoms with E-state index < -0.39 is 17.7 Å². The van der Waals surface area contributed by atoms with Crippen LogP contribution in [0.25, 0.3) is 0 Å². The number of ether oxygens (including phenoxy) is 1. The summed E-state index contributed by atoms with van der Waals surface area (Å²) in [6.45, 7) is 8.45. The van der Waals surface area contributed by atoms with Crippen LogP contribution in [0.1, 0.15) is 74.4 Å². The van der Waals surface area contributed by atoms with Gasteiger partial charge >= 0.3 is 6.09 Å². The van der Waals surface area contributed by atoms with E-state index in [1.165, 1.54) is 0 Å². The van der Waals surface area contributed by atoms with E-state index in [4.69, 9.17) is 4.74 Å². The van der Waals surface area contributed by atoms with Crippen LogP contribution < -0.4 is 5.32 Å². The number of hydrogen-bond donors (Lipinski definition) is 1. The molecule has 1 fully saturated rings. The van der Waals surface area contributed by atoms with Gasteiger partial charge in [-0.25, -0.2) is 4.79 Å². The summed E-state index contributed by atoms with van der Waals surface area (Å²) in [5.74, 6) is -0.155. The summed E-state index contributed by atoms with van der Waals surface area (Å²) in [5.41, 5.74) is 2.07. The van der Waals surface area contributed by atoms with E-state index in [1.807, 2.05) is 60.4 Å². The maximum absolute atomic E-state index is 13.7. The molecule has 1 N–H and O–H groups in total. The molecule has 0 bridgehead atoms. The minimum Gasteiger partial charge on any atom is -0.444 e. The Kier molecular flexibility index (Phi) is 6.52. The third-order valence-corrected chi connectivity index (χ3v) is 7.09. The number of alkyl carbamates (subject to hydrolysis) is 1. The van der Waals surface area contributed by atoms with Gasteiger partial charge in [0.2, 0.25) is 5.91 Å². The van der Waals surface area contributed by atoms with Crippen molar-refractivity contribution < 1.29 is 19.1 Å². The highest BCUT2D eigenvalue weighted by molar-refractivity contribution is 6.02. The lowest BCUT2D eigenvalue weighted by Crippen LogP contribution is -2.54. The fraction of sp³-hybridized carbons (Fsp3) is 0.464. The highest BCUT2D eigenvalue weighted by Gasteiger charge is 2.46. The molecule has 2 aliphatic rings. The van der Waals surface area contributed by atoms with E-state index >= 15 is 0 Å². The van der Waals surface area contributed by atoms with Gasteiger partial charge in [0, 0.05) is 36.4 Å². The molecule has 2 amide bonds. The number of fused-ring (bicyclic) bond motifs is 2. The number of piperidine rings is 1. The van der Waals surface area contributed by atoms with Crippen LogP contribution in [0.3, 0.4) is 0 Å². The Morgan fingerprint density at radius 1 is 1.00 bits per heavy atom. The van der Waals surface area contributed by atoms with Crippen molar-refractivity contribution >= 4 is 17.8 Å². The first-order valence-corrected chi connectivity index (χ1v) is 12.1. The molecule has 2 aromatic rings. The van der Waals surface area contributed by atoms with Gasteiger partial charge in [-0.2, -0.15) is 0 Å². The Bertz CT molecular complexity index is 1070. The Balaban J connectivity index is 1.52. The van der Waals surface area contributed by atoms with E-state index in [9.17, 15) is 14.4 Å². The second-order valence-corrected chi connectivity index (χ2v) is 10.6. The smallest absolute Gasteiger partial charge is 0.408 e. The van der Waals surface area contributed by atoms with Crippen LogP contribution in [0.5, 0.6) is 0 Å². The largest absolute Gasteiger partial charge is 0.444 e. The highest BCUT2D eigenvalue weighted by atomic mass is 16.6. The monoisotopic (exact) mass is 462 g/mol. The number of benzene rings is 2. The Hall–Kier alpha value is -3.15. The third-order valence-electron chi connectivity index (χ3n) is 7.09. The van der Waals surface area contributed by atoms with Crippen molar-refractivity contribution in [3.63, 3.8) is 0 Å². The number of hydrogen-bond acceptors (Lipinski definition) is 4. The number of amides is 2. The van der Waals surface area contributed by atoms with Gasteiger partial charge in [-0.15, -0.1) is 0 Å². The van der Waals surface area contributed by atoms with Crippen molar-refractivity contribution in [2.24, 2.45) is 0 Å². The van der Waals surface area contributed by atoms with E-state index in [2.05, 4.69) is 11.4 Å². The molecule has 1 aliphatic heterocycles. The Morgan fingerprint density at radius 3 is 2.26 bits per heavy atom. The Labute approximate surface area is 201 Å². The van der Waals surface area contributed by atoms with Gasteiger partial charge in [0.15, 0.2) is 5.78 Å². The van der Waals surface area contributed by atoms with Crippen LogP contribution in [-0.4, -0.2) is 47.4 Å². The first-order valence-electron chi connectivity index (χ1n) is 12.1. The zero-order valence-corrected chi connectivity index (χ0v) is 20.5. The van der Waals surface area contributed by atoms with Crippen molar-refractivity contribution in [1.82, 2.24) is 10.2 Å². The molecule has 0 aromatic heterocycles. The second-order valence-electron chi connectivity index (χ2n) is 10.6. The maximum Gasteiger partial charge on any atom is 0.408 e. The van der Waals surface area contributed by atoms with Crippen molar-refractivity contribution in [3.8, 4) is 0 Å². The number of carbonyl (C=O) groups is 3. The summed E-state index contributed by atoms with van der Waals surface area (Å²) in [5, 5.41) is 2.85. The zero-order chi connectivity index (χ0) is 24.5. The van der Waals surface area contributed by atoms with Crippen LogP contribution in [0, 0.1) is 0 Å². The lowest BCUT2D eigenvalue weighted by atomic mass is 9.73. The van der Waals surface area contributed by atoms with Crippen LogP contribution in [0.2, 0.25) is 0 Å². The van der Waals surface area contributed by atoms with Gasteiger partial charge in [0.05, 0.1) is 0 Å². The van der Waals surface area contributed by atoms with Crippen molar-refractivity contribution in [1.29, 1.82) is 0 Å². The van der Waals surface area contributed by atoms with Crippen LogP contribution >= 0.6 is 0 Å². The third kappa shape index (κ3) is 4.86. The molecular formula is C28H34N2O4. The molecule has 34 heavy (non-hydrogen) atoms. The lowest BCUT2D eigenvalue weighted by molar-refractivity contribution is -0.135. The minimum absolute atomic E-state index is 0.116. The van der Waals surface area contributed by atoms with Crippen molar-refractivity contribution in [2.75, 3.05) is 13.1 Å². The molecule has 2 aromatic carbocycles. The molecule has 1 aliphatic carbocycles. The van der Waals surface area contributed by atoms with Gasteiger partial charge in [-0.3, -0.25) is 9.59 Å². The quantitative estimate of drug-likeness (QED) is 0.706. The summed E-state index contributed by atoms with van der Waals surface area (Å²) in [4.78, 5) is 40.8. The van der Waals surface area contributed by atoms with E-state index in [0.29, 0.717) is 19.5 Å². The standard InChI is InChI=1S/C28H34N2O4/c1-19(20-10-6-5-7-11-20)24(29-26(33)34-27(2,3)4)25(32)30-16-14-28(15-17-30)18-23(31)21-12-8-9-13-22(21)28/h5-13,19,24H,14-18H2,1-4H3,(H,29,33)/t19-,24+/m1/s1. The number of carbonyl (C=O) groups excluding carboxylic acids is 3. The molecule has 1 saturated heterocycles. The average Bonchev–Trinajstić information content (AvgIpc) is 3.08. The summed E-state index contributed by atoms with van der Waals surface area (Å²) in [6, 6.07) is 16.8. The van der Waals surface area contributed by atoms with Gasteiger partial charge in [0.25, 0.3) is 0 Å². The molecule has 4 rings (SSSR count). The van der Waals surface area contributed by atoms with Crippen molar-refractivity contribution in [3.05, 3.63) is 71.3 Å². The van der Waals surface area contributed by atoms with E-state index in [1.54, 1.807) is 20.8 Å². The number of nitrogens with zero attached hydrogens (tertiary/aromatic N) is 1. The normalized spacial score (nSPS) is 18.8. The summed E-state index contributed by atoms with van der Waals surface area (Å²) in [7, 11) is 0.